The number of hydrogen-bond donors (Lipinski definition) is 3. The molecule has 0 heterocycles. The Morgan fingerprint density at radius 3 is 0.687 bits per heavy atom. The molecule has 99 heavy (non-hydrogen) atoms. The predicted octanol–water partition coefficient (Wildman–Crippen LogP) is 23.7. The van der Waals surface area contributed by atoms with Gasteiger partial charge in [-0.2, -0.15) is 0 Å². The Morgan fingerprint density at radius 2 is 0.465 bits per heavy atom. The summed E-state index contributed by atoms with van der Waals surface area (Å²) in [5.74, 6) is 0.153. The molecule has 0 aliphatic carbocycles. The van der Waals surface area contributed by atoms with Crippen molar-refractivity contribution >= 4 is 39.5 Å². The Balaban J connectivity index is 5.24. The molecule has 0 aliphatic heterocycles. The number of phosphoric acid groups is 2. The average Bonchev–Trinajstić information content (AvgIpc) is 1.01. The van der Waals surface area contributed by atoms with E-state index in [2.05, 4.69) is 48.5 Å². The van der Waals surface area contributed by atoms with Gasteiger partial charge < -0.3 is 33.8 Å². The van der Waals surface area contributed by atoms with Gasteiger partial charge in [-0.3, -0.25) is 37.3 Å². The lowest BCUT2D eigenvalue weighted by molar-refractivity contribution is -0.161. The Bertz CT molecular complexity index is 1920. The van der Waals surface area contributed by atoms with Gasteiger partial charge in [0.1, 0.15) is 19.3 Å². The summed E-state index contributed by atoms with van der Waals surface area (Å²) in [6, 6.07) is 0. The second-order valence-corrected chi connectivity index (χ2v) is 33.1. The minimum atomic E-state index is -4.96. The van der Waals surface area contributed by atoms with Crippen LogP contribution in [0.5, 0.6) is 0 Å². The van der Waals surface area contributed by atoms with Crippen LogP contribution in [-0.2, 0) is 65.4 Å². The summed E-state index contributed by atoms with van der Waals surface area (Å²) in [5, 5.41) is 10.6. The molecule has 0 spiro atoms. The highest BCUT2D eigenvalue weighted by molar-refractivity contribution is 7.47. The zero-order valence-corrected chi connectivity index (χ0v) is 66.8. The molecule has 588 valence electrons. The van der Waals surface area contributed by atoms with Crippen LogP contribution in [0.15, 0.2) is 0 Å². The van der Waals surface area contributed by atoms with Gasteiger partial charge in [0, 0.05) is 25.7 Å². The smallest absolute Gasteiger partial charge is 0.462 e. The van der Waals surface area contributed by atoms with Crippen molar-refractivity contribution in [2.75, 3.05) is 39.6 Å². The molecule has 2 unspecified atom stereocenters. The lowest BCUT2D eigenvalue weighted by atomic mass is 10.0. The number of carbonyl (C=O) groups excluding carboxylic acids is 4. The van der Waals surface area contributed by atoms with Gasteiger partial charge in [-0.25, -0.2) is 9.13 Å². The van der Waals surface area contributed by atoms with E-state index in [9.17, 15) is 43.2 Å². The van der Waals surface area contributed by atoms with Gasteiger partial charge >= 0.3 is 39.5 Å². The number of aliphatic hydroxyl groups is 1. The van der Waals surface area contributed by atoms with Crippen molar-refractivity contribution in [2.24, 2.45) is 17.8 Å². The van der Waals surface area contributed by atoms with E-state index in [4.69, 9.17) is 37.0 Å². The highest BCUT2D eigenvalue weighted by atomic mass is 31.2. The van der Waals surface area contributed by atoms with E-state index in [0.29, 0.717) is 31.6 Å². The molecule has 0 aromatic heterocycles. The zero-order chi connectivity index (χ0) is 73.0. The van der Waals surface area contributed by atoms with Crippen molar-refractivity contribution < 1.29 is 80.2 Å². The van der Waals surface area contributed by atoms with Crippen LogP contribution in [0.2, 0.25) is 0 Å². The molecule has 0 saturated carbocycles. The molecule has 0 aromatic carbocycles. The molecule has 0 aromatic rings. The van der Waals surface area contributed by atoms with Gasteiger partial charge in [-0.1, -0.05) is 363 Å². The summed E-state index contributed by atoms with van der Waals surface area (Å²) in [5.41, 5.74) is 0. The minimum Gasteiger partial charge on any atom is -0.462 e. The molecule has 0 radical (unpaired) electrons. The number of ether oxygens (including phenoxy) is 4. The molecule has 5 atom stereocenters. The van der Waals surface area contributed by atoms with E-state index in [1.165, 1.54) is 218 Å². The maximum Gasteiger partial charge on any atom is 0.472 e. The van der Waals surface area contributed by atoms with Crippen molar-refractivity contribution in [3.05, 3.63) is 0 Å². The average molecular weight is 1450 g/mol. The Labute approximate surface area is 607 Å². The summed E-state index contributed by atoms with van der Waals surface area (Å²) in [4.78, 5) is 73.0. The fraction of sp³-hybridized carbons (Fsp3) is 0.950. The third-order valence-corrected chi connectivity index (χ3v) is 20.5. The van der Waals surface area contributed by atoms with Gasteiger partial charge in [-0.15, -0.1) is 0 Å². The number of hydrogen-bond acceptors (Lipinski definition) is 15. The SMILES string of the molecule is CCCCCCCCCCCCCCCCCCCC(=O)OC[C@H](COP(=O)(O)OC[C@@H](O)COP(=O)(O)OC[C@@H](COC(=O)CCCCCCCCCC(C)C)OC(=O)CCCCCCCCCCCCC(C)C)OC(=O)CCCCCCCCCCCCCCCCCCC(C)C. The van der Waals surface area contributed by atoms with Crippen molar-refractivity contribution in [3.8, 4) is 0 Å². The molecule has 0 fully saturated rings. The number of phosphoric ester groups is 2. The van der Waals surface area contributed by atoms with E-state index < -0.39 is 97.5 Å². The molecule has 0 rings (SSSR count). The van der Waals surface area contributed by atoms with E-state index in [0.717, 1.165) is 108 Å². The van der Waals surface area contributed by atoms with Crippen LogP contribution in [0.1, 0.15) is 414 Å². The van der Waals surface area contributed by atoms with Crippen LogP contribution in [0, 0.1) is 17.8 Å². The summed E-state index contributed by atoms with van der Waals surface area (Å²) in [6.07, 6.45) is 58.4. The molecule has 0 bridgehead atoms. The number of rotatable bonds is 78. The number of aliphatic hydroxyl groups excluding tert-OH is 1. The molecular formula is C80H156O17P2. The maximum absolute atomic E-state index is 13.1. The van der Waals surface area contributed by atoms with Crippen LogP contribution < -0.4 is 0 Å². The van der Waals surface area contributed by atoms with Gasteiger partial charge in [0.25, 0.3) is 0 Å². The highest BCUT2D eigenvalue weighted by Crippen LogP contribution is 2.45. The first-order chi connectivity index (χ1) is 47.7. The summed E-state index contributed by atoms with van der Waals surface area (Å²) >= 11 is 0. The van der Waals surface area contributed by atoms with Crippen molar-refractivity contribution in [3.63, 3.8) is 0 Å². The van der Waals surface area contributed by atoms with E-state index in [1.807, 2.05) is 0 Å². The molecule has 0 saturated heterocycles. The lowest BCUT2D eigenvalue weighted by Gasteiger charge is -2.21. The van der Waals surface area contributed by atoms with E-state index in [-0.39, 0.29) is 25.7 Å². The highest BCUT2D eigenvalue weighted by Gasteiger charge is 2.30. The van der Waals surface area contributed by atoms with Crippen molar-refractivity contribution in [2.45, 2.75) is 433 Å². The topological polar surface area (TPSA) is 237 Å². The van der Waals surface area contributed by atoms with Gasteiger partial charge in [0.2, 0.25) is 0 Å². The molecular weight excluding hydrogens is 1290 g/mol. The first kappa shape index (κ1) is 97.1. The monoisotopic (exact) mass is 1450 g/mol. The second kappa shape index (κ2) is 70.4. The largest absolute Gasteiger partial charge is 0.472 e. The third-order valence-electron chi connectivity index (χ3n) is 18.6. The fourth-order valence-corrected chi connectivity index (χ4v) is 13.9. The molecule has 19 heteroatoms. The lowest BCUT2D eigenvalue weighted by Crippen LogP contribution is -2.30. The van der Waals surface area contributed by atoms with Crippen LogP contribution in [0.3, 0.4) is 0 Å². The first-order valence-electron chi connectivity index (χ1n) is 41.3. The quantitative estimate of drug-likeness (QED) is 0.0222. The van der Waals surface area contributed by atoms with Crippen LogP contribution in [-0.4, -0.2) is 96.7 Å². The second-order valence-electron chi connectivity index (χ2n) is 30.2. The summed E-state index contributed by atoms with van der Waals surface area (Å²) < 4.78 is 68.7. The van der Waals surface area contributed by atoms with E-state index >= 15 is 0 Å². The summed E-state index contributed by atoms with van der Waals surface area (Å²) in [7, 11) is -9.92. The molecule has 3 N–H and O–H groups in total. The van der Waals surface area contributed by atoms with Gasteiger partial charge in [0.05, 0.1) is 26.4 Å². The van der Waals surface area contributed by atoms with Gasteiger partial charge in [-0.05, 0) is 43.4 Å². The third kappa shape index (κ3) is 74.1. The Morgan fingerprint density at radius 1 is 0.273 bits per heavy atom. The Hall–Kier alpha value is -1.94. The van der Waals surface area contributed by atoms with Crippen LogP contribution in [0.25, 0.3) is 0 Å². The molecule has 17 nitrogen and oxygen atoms in total. The minimum absolute atomic E-state index is 0.105. The number of unbranched alkanes of at least 4 members (excludes halogenated alkanes) is 46. The van der Waals surface area contributed by atoms with Crippen molar-refractivity contribution in [1.29, 1.82) is 0 Å². The zero-order valence-electron chi connectivity index (χ0n) is 65.0. The Kier molecular flexibility index (Phi) is 69.0. The number of esters is 4. The summed E-state index contributed by atoms with van der Waals surface area (Å²) in [6.45, 7) is 11.9. The van der Waals surface area contributed by atoms with Crippen LogP contribution >= 0.6 is 15.6 Å². The standard InChI is InChI=1S/C80H156O17P2/c1-8-9-10-11-12-13-14-15-16-17-21-24-27-33-40-47-54-61-77(82)90-67-75(96-79(84)63-56-49-41-34-28-25-22-19-18-20-23-26-31-37-44-51-58-71(2)3)69-94-98(86,87)92-65-74(81)66-93-99(88,89)95-70-76(68-91-78(83)62-55-48-43-36-39-46-53-60-73(6)7)97-80(85)64-57-50-42-35-30-29-32-38-45-52-59-72(4)5/h71-76,81H,8-70H2,1-7H3,(H,86,87)(H,88,89)/t74-,75-,76-/m1/s1. The maximum atomic E-state index is 13.1. The molecule has 0 amide bonds. The normalized spacial score (nSPS) is 14.0. The fourth-order valence-electron chi connectivity index (χ4n) is 12.3. The molecule has 0 aliphatic rings. The van der Waals surface area contributed by atoms with Crippen molar-refractivity contribution in [1.82, 2.24) is 0 Å². The predicted molar refractivity (Wildman–Crippen MR) is 405 cm³/mol. The van der Waals surface area contributed by atoms with Gasteiger partial charge in [0.15, 0.2) is 12.2 Å². The van der Waals surface area contributed by atoms with E-state index in [1.54, 1.807) is 0 Å². The number of carbonyl (C=O) groups is 4. The first-order valence-corrected chi connectivity index (χ1v) is 44.3. The van der Waals surface area contributed by atoms with Crippen LogP contribution in [0.4, 0.5) is 0 Å².